The molecule has 0 amide bonds. The molecule has 0 bridgehead atoms. The van der Waals surface area contributed by atoms with E-state index in [9.17, 15) is 4.39 Å². The van der Waals surface area contributed by atoms with Crippen LogP contribution in [0.3, 0.4) is 0 Å². The molecule has 0 saturated carbocycles. The summed E-state index contributed by atoms with van der Waals surface area (Å²) in [5.74, 6) is 2.55. The molecule has 0 saturated heterocycles. The summed E-state index contributed by atoms with van der Waals surface area (Å²) in [4.78, 5) is 0. The van der Waals surface area contributed by atoms with E-state index in [1.165, 1.54) is 23.9 Å². The lowest BCUT2D eigenvalue weighted by atomic mass is 10.2. The third-order valence-electron chi connectivity index (χ3n) is 4.05. The van der Waals surface area contributed by atoms with Crippen molar-refractivity contribution in [3.63, 3.8) is 0 Å². The molecule has 146 valence electrons. The number of halogens is 1. The zero-order valence-electron chi connectivity index (χ0n) is 15.8. The summed E-state index contributed by atoms with van der Waals surface area (Å²) in [5, 5.41) is 9.35. The van der Waals surface area contributed by atoms with Crippen LogP contribution in [-0.4, -0.2) is 21.9 Å². The number of aromatic nitrogens is 3. The van der Waals surface area contributed by atoms with Crippen LogP contribution in [0, 0.1) is 5.82 Å². The molecule has 3 rings (SSSR count). The summed E-state index contributed by atoms with van der Waals surface area (Å²) in [6, 6.07) is 13.9. The molecule has 0 spiro atoms. The van der Waals surface area contributed by atoms with Gasteiger partial charge in [-0.3, -0.25) is 4.57 Å². The fourth-order valence-electron chi connectivity index (χ4n) is 2.69. The van der Waals surface area contributed by atoms with Crippen LogP contribution in [-0.2, 0) is 12.3 Å². The molecule has 7 heteroatoms. The topological polar surface area (TPSA) is 49.2 Å². The van der Waals surface area contributed by atoms with E-state index in [4.69, 9.17) is 9.47 Å². The van der Waals surface area contributed by atoms with Gasteiger partial charge in [0.05, 0.1) is 7.11 Å². The van der Waals surface area contributed by atoms with Crippen LogP contribution in [0.1, 0.15) is 24.4 Å². The van der Waals surface area contributed by atoms with Gasteiger partial charge in [0.1, 0.15) is 17.3 Å². The molecule has 3 aromatic rings. The second-order valence-electron chi connectivity index (χ2n) is 6.09. The molecule has 5 nitrogen and oxygen atoms in total. The normalized spacial score (nSPS) is 11.8. The second kappa shape index (κ2) is 9.41. The fourth-order valence-corrected chi connectivity index (χ4v) is 3.59. The first kappa shape index (κ1) is 19.9. The number of nitrogens with zero attached hydrogens (tertiary/aromatic N) is 3. The van der Waals surface area contributed by atoms with Crippen molar-refractivity contribution in [1.29, 1.82) is 0 Å². The predicted molar refractivity (Wildman–Crippen MR) is 108 cm³/mol. The van der Waals surface area contributed by atoms with Crippen LogP contribution in [0.15, 0.2) is 66.3 Å². The lowest BCUT2D eigenvalue weighted by molar-refractivity contribution is 0.210. The highest BCUT2D eigenvalue weighted by atomic mass is 32.2. The van der Waals surface area contributed by atoms with Gasteiger partial charge in [-0.15, -0.1) is 16.8 Å². The molecule has 0 fully saturated rings. The Bertz CT molecular complexity index is 928. The summed E-state index contributed by atoms with van der Waals surface area (Å²) in [6.07, 6.45) is 1.49. The van der Waals surface area contributed by atoms with Crippen molar-refractivity contribution in [2.24, 2.45) is 0 Å². The summed E-state index contributed by atoms with van der Waals surface area (Å²) in [6.45, 7) is 6.31. The minimum absolute atomic E-state index is 0.243. The highest BCUT2D eigenvalue weighted by Crippen LogP contribution is 2.27. The first-order valence-corrected chi connectivity index (χ1v) is 9.81. The van der Waals surface area contributed by atoms with Gasteiger partial charge in [0.2, 0.25) is 0 Å². The number of rotatable bonds is 9. The maximum atomic E-state index is 13.4. The van der Waals surface area contributed by atoms with Gasteiger partial charge in [0.25, 0.3) is 0 Å². The van der Waals surface area contributed by atoms with Crippen LogP contribution in [0.4, 0.5) is 4.39 Å². The van der Waals surface area contributed by atoms with E-state index in [1.54, 1.807) is 19.3 Å². The van der Waals surface area contributed by atoms with E-state index >= 15 is 0 Å². The molecule has 0 aliphatic carbocycles. The van der Waals surface area contributed by atoms with Gasteiger partial charge >= 0.3 is 0 Å². The van der Waals surface area contributed by atoms with Gasteiger partial charge in [-0.2, -0.15) is 0 Å². The van der Waals surface area contributed by atoms with Crippen LogP contribution in [0.2, 0.25) is 0 Å². The minimum Gasteiger partial charge on any atom is -0.497 e. The Balaban J connectivity index is 1.74. The highest BCUT2D eigenvalue weighted by molar-refractivity contribution is 7.98. The number of allylic oxidation sites excluding steroid dienone is 1. The van der Waals surface area contributed by atoms with Crippen molar-refractivity contribution in [2.75, 3.05) is 7.11 Å². The smallest absolute Gasteiger partial charge is 0.191 e. The van der Waals surface area contributed by atoms with Crippen LogP contribution in [0.25, 0.3) is 0 Å². The quantitative estimate of drug-likeness (QED) is 0.372. The molecule has 0 aliphatic heterocycles. The monoisotopic (exact) mass is 399 g/mol. The van der Waals surface area contributed by atoms with Crippen molar-refractivity contribution >= 4 is 11.8 Å². The molecule has 2 aromatic carbocycles. The average molecular weight is 399 g/mol. The van der Waals surface area contributed by atoms with E-state index in [0.29, 0.717) is 18.1 Å². The molecular formula is C21H22FN3O2S. The number of benzene rings is 2. The highest BCUT2D eigenvalue weighted by Gasteiger charge is 2.19. The SMILES string of the molecule is C=CCn1c(SCc2cccc(F)c2)nnc1C(C)Oc1ccc(OC)cc1. The van der Waals surface area contributed by atoms with Crippen LogP contribution < -0.4 is 9.47 Å². The lowest BCUT2D eigenvalue weighted by Gasteiger charge is -2.16. The third-order valence-corrected chi connectivity index (χ3v) is 5.09. The summed E-state index contributed by atoms with van der Waals surface area (Å²) in [7, 11) is 1.62. The summed E-state index contributed by atoms with van der Waals surface area (Å²) in [5.41, 5.74) is 0.891. The second-order valence-corrected chi connectivity index (χ2v) is 7.04. The summed E-state index contributed by atoms with van der Waals surface area (Å²) >= 11 is 1.50. The molecule has 1 aromatic heterocycles. The predicted octanol–water partition coefficient (Wildman–Crippen LogP) is 5.04. The standard InChI is InChI=1S/C21H22FN3O2S/c1-4-12-25-20(15(2)27-19-10-8-18(26-3)9-11-19)23-24-21(25)28-14-16-6-5-7-17(22)13-16/h4-11,13,15H,1,12,14H2,2-3H3. The molecule has 0 N–H and O–H groups in total. The van der Waals surface area contributed by atoms with E-state index < -0.39 is 0 Å². The van der Waals surface area contributed by atoms with Gasteiger partial charge in [-0.05, 0) is 48.9 Å². The Morgan fingerprint density at radius 2 is 1.93 bits per heavy atom. The molecule has 0 aliphatic rings. The fraction of sp³-hybridized carbons (Fsp3) is 0.238. The maximum Gasteiger partial charge on any atom is 0.191 e. The van der Waals surface area contributed by atoms with Gasteiger partial charge in [-0.1, -0.05) is 30.0 Å². The maximum absolute atomic E-state index is 13.4. The zero-order valence-corrected chi connectivity index (χ0v) is 16.7. The molecule has 1 unspecified atom stereocenters. The van der Waals surface area contributed by atoms with Crippen molar-refractivity contribution in [3.05, 3.63) is 78.4 Å². The Hall–Kier alpha value is -2.80. The average Bonchev–Trinajstić information content (AvgIpc) is 3.10. The number of hydrogen-bond acceptors (Lipinski definition) is 5. The lowest BCUT2D eigenvalue weighted by Crippen LogP contribution is -2.12. The molecule has 28 heavy (non-hydrogen) atoms. The largest absolute Gasteiger partial charge is 0.497 e. The van der Waals surface area contributed by atoms with E-state index in [-0.39, 0.29) is 11.9 Å². The number of methoxy groups -OCH3 is 1. The Labute approximate surface area is 168 Å². The van der Waals surface area contributed by atoms with E-state index in [2.05, 4.69) is 16.8 Å². The van der Waals surface area contributed by atoms with E-state index in [1.807, 2.05) is 41.8 Å². The molecule has 1 heterocycles. The van der Waals surface area contributed by atoms with Gasteiger partial charge in [0.15, 0.2) is 17.1 Å². The van der Waals surface area contributed by atoms with Crippen molar-refractivity contribution in [2.45, 2.75) is 30.5 Å². The van der Waals surface area contributed by atoms with Crippen molar-refractivity contribution in [1.82, 2.24) is 14.8 Å². The minimum atomic E-state index is -0.302. The number of thioether (sulfide) groups is 1. The van der Waals surface area contributed by atoms with Gasteiger partial charge in [-0.25, -0.2) is 4.39 Å². The first-order chi connectivity index (χ1) is 13.6. The van der Waals surface area contributed by atoms with Gasteiger partial charge < -0.3 is 9.47 Å². The Kier molecular flexibility index (Phi) is 6.71. The first-order valence-electron chi connectivity index (χ1n) is 8.82. The van der Waals surface area contributed by atoms with Crippen molar-refractivity contribution < 1.29 is 13.9 Å². The third kappa shape index (κ3) is 4.92. The summed E-state index contributed by atoms with van der Waals surface area (Å²) < 4.78 is 26.5. The van der Waals surface area contributed by atoms with Crippen LogP contribution in [0.5, 0.6) is 11.5 Å². The van der Waals surface area contributed by atoms with Crippen LogP contribution >= 0.6 is 11.8 Å². The zero-order chi connectivity index (χ0) is 19.9. The molecular weight excluding hydrogens is 377 g/mol. The Morgan fingerprint density at radius 1 is 1.18 bits per heavy atom. The van der Waals surface area contributed by atoms with E-state index in [0.717, 1.165) is 22.2 Å². The van der Waals surface area contributed by atoms with Gasteiger partial charge in [0, 0.05) is 12.3 Å². The van der Waals surface area contributed by atoms with Crippen molar-refractivity contribution in [3.8, 4) is 11.5 Å². The number of ether oxygens (including phenoxy) is 2. The number of hydrogen-bond donors (Lipinski definition) is 0. The molecule has 0 radical (unpaired) electrons. The molecule has 1 atom stereocenters. The Morgan fingerprint density at radius 3 is 2.61 bits per heavy atom.